The van der Waals surface area contributed by atoms with E-state index >= 15 is 0 Å². The van der Waals surface area contributed by atoms with Crippen molar-refractivity contribution in [2.75, 3.05) is 0 Å². The van der Waals surface area contributed by atoms with Crippen molar-refractivity contribution < 1.29 is 14.7 Å². The maximum atomic E-state index is 12.5. The van der Waals surface area contributed by atoms with Crippen LogP contribution in [0.1, 0.15) is 28.3 Å². The lowest BCUT2D eigenvalue weighted by Gasteiger charge is -2.14. The van der Waals surface area contributed by atoms with Crippen LogP contribution < -0.4 is 0 Å². The van der Waals surface area contributed by atoms with E-state index in [0.717, 1.165) is 10.0 Å². The Hall–Kier alpha value is -1.94. The number of carboxylic acids is 1. The third-order valence-corrected chi connectivity index (χ3v) is 3.55. The summed E-state index contributed by atoms with van der Waals surface area (Å²) in [5.74, 6) is -1.81. The number of carboxylic acid groups (broad SMARTS) is 1. The molecule has 0 aliphatic carbocycles. The molecule has 0 bridgehead atoms. The van der Waals surface area contributed by atoms with Crippen LogP contribution in [0.4, 0.5) is 0 Å². The van der Waals surface area contributed by atoms with Crippen molar-refractivity contribution in [3.63, 3.8) is 0 Å². The molecular weight excluding hydrogens is 320 g/mol. The van der Waals surface area contributed by atoms with Crippen LogP contribution in [0.5, 0.6) is 0 Å². The second-order valence-electron chi connectivity index (χ2n) is 4.43. The average Bonchev–Trinajstić information content (AvgIpc) is 2.45. The van der Waals surface area contributed by atoms with Crippen molar-refractivity contribution in [1.82, 2.24) is 0 Å². The molecule has 0 fully saturated rings. The van der Waals surface area contributed by atoms with E-state index in [9.17, 15) is 9.59 Å². The summed E-state index contributed by atoms with van der Waals surface area (Å²) in [4.78, 5) is 23.5. The number of ketones is 1. The number of hydrogen-bond donors (Lipinski definition) is 1. The van der Waals surface area contributed by atoms with Gasteiger partial charge in [0.25, 0.3) is 0 Å². The van der Waals surface area contributed by atoms with Crippen molar-refractivity contribution in [3.05, 3.63) is 70.2 Å². The second-order valence-corrected chi connectivity index (χ2v) is 5.35. The third kappa shape index (κ3) is 3.54. The largest absolute Gasteiger partial charge is 0.481 e. The van der Waals surface area contributed by atoms with Gasteiger partial charge in [0.15, 0.2) is 5.78 Å². The Kier molecular flexibility index (Phi) is 4.69. The highest BCUT2D eigenvalue weighted by Crippen LogP contribution is 2.25. The monoisotopic (exact) mass is 332 g/mol. The first-order valence-electron chi connectivity index (χ1n) is 6.14. The zero-order valence-corrected chi connectivity index (χ0v) is 12.2. The summed E-state index contributed by atoms with van der Waals surface area (Å²) in [5.41, 5.74) is 1.24. The average molecular weight is 333 g/mol. The minimum Gasteiger partial charge on any atom is -0.481 e. The van der Waals surface area contributed by atoms with E-state index < -0.39 is 11.9 Å². The topological polar surface area (TPSA) is 54.4 Å². The molecule has 1 unspecified atom stereocenters. The minimum absolute atomic E-state index is 0.175. The molecule has 2 rings (SSSR count). The van der Waals surface area contributed by atoms with Crippen LogP contribution in [0.2, 0.25) is 0 Å². The normalized spacial score (nSPS) is 11.8. The van der Waals surface area contributed by atoms with Crippen LogP contribution in [0.15, 0.2) is 59.1 Å². The van der Waals surface area contributed by atoms with E-state index in [1.54, 1.807) is 48.5 Å². The fourth-order valence-corrected chi connectivity index (χ4v) is 2.30. The number of carbonyl (C=O) groups is 2. The first-order chi connectivity index (χ1) is 9.58. The molecule has 1 atom stereocenters. The molecule has 0 aliphatic rings. The van der Waals surface area contributed by atoms with E-state index in [0.29, 0.717) is 5.56 Å². The molecule has 0 saturated heterocycles. The summed E-state index contributed by atoms with van der Waals surface area (Å²) >= 11 is 3.31. The second kappa shape index (κ2) is 6.48. The molecule has 3 nitrogen and oxygen atoms in total. The molecule has 2 aromatic carbocycles. The van der Waals surface area contributed by atoms with Gasteiger partial charge in [-0.05, 0) is 17.7 Å². The van der Waals surface area contributed by atoms with E-state index in [1.165, 1.54) is 0 Å². The number of hydrogen-bond acceptors (Lipinski definition) is 2. The fraction of sp³-hybridized carbons (Fsp3) is 0.125. The molecule has 0 radical (unpaired) electrons. The summed E-state index contributed by atoms with van der Waals surface area (Å²) in [7, 11) is 0. The first kappa shape index (κ1) is 14.5. The smallest absolute Gasteiger partial charge is 0.304 e. The summed E-state index contributed by atoms with van der Waals surface area (Å²) in [5, 5.41) is 9.03. The zero-order valence-electron chi connectivity index (χ0n) is 10.6. The van der Waals surface area contributed by atoms with Gasteiger partial charge >= 0.3 is 5.97 Å². The SMILES string of the molecule is O=C(O)CC(C(=O)c1ccc(Br)cc1)c1ccccc1. The van der Waals surface area contributed by atoms with Crippen LogP contribution in [0, 0.1) is 0 Å². The minimum atomic E-state index is -0.982. The quantitative estimate of drug-likeness (QED) is 0.845. The van der Waals surface area contributed by atoms with E-state index in [2.05, 4.69) is 15.9 Å². The molecule has 0 aliphatic heterocycles. The maximum absolute atomic E-state index is 12.5. The highest BCUT2D eigenvalue weighted by molar-refractivity contribution is 9.10. The van der Waals surface area contributed by atoms with Gasteiger partial charge in [0.2, 0.25) is 0 Å². The van der Waals surface area contributed by atoms with E-state index in [-0.39, 0.29) is 12.2 Å². The number of rotatable bonds is 5. The standard InChI is InChI=1S/C16H13BrO3/c17-13-8-6-12(7-9-13)16(20)14(10-15(18)19)11-4-2-1-3-5-11/h1-9,14H,10H2,(H,18,19). The number of halogens is 1. The van der Waals surface area contributed by atoms with Crippen molar-refractivity contribution in [2.45, 2.75) is 12.3 Å². The van der Waals surface area contributed by atoms with Crippen molar-refractivity contribution in [3.8, 4) is 0 Å². The summed E-state index contributed by atoms with van der Waals surface area (Å²) in [6.07, 6.45) is -0.209. The van der Waals surface area contributed by atoms with Crippen LogP contribution in [0.3, 0.4) is 0 Å². The van der Waals surface area contributed by atoms with Gasteiger partial charge in [0.05, 0.1) is 12.3 Å². The van der Waals surface area contributed by atoms with Gasteiger partial charge in [-0.3, -0.25) is 9.59 Å². The molecule has 0 heterocycles. The number of aliphatic carboxylic acids is 1. The Morgan fingerprint density at radius 2 is 1.60 bits per heavy atom. The van der Waals surface area contributed by atoms with Crippen LogP contribution in [-0.4, -0.2) is 16.9 Å². The van der Waals surface area contributed by atoms with Crippen molar-refractivity contribution in [1.29, 1.82) is 0 Å². The van der Waals surface area contributed by atoms with E-state index in [4.69, 9.17) is 5.11 Å². The van der Waals surface area contributed by atoms with Crippen molar-refractivity contribution in [2.24, 2.45) is 0 Å². The predicted molar refractivity (Wildman–Crippen MR) is 79.9 cm³/mol. The first-order valence-corrected chi connectivity index (χ1v) is 6.94. The van der Waals surface area contributed by atoms with Crippen molar-refractivity contribution >= 4 is 27.7 Å². The molecule has 0 aromatic heterocycles. The summed E-state index contributed by atoms with van der Waals surface area (Å²) in [6, 6.07) is 16.0. The molecule has 0 saturated carbocycles. The van der Waals surface area contributed by atoms with Gasteiger partial charge in [-0.15, -0.1) is 0 Å². The summed E-state index contributed by atoms with van der Waals surface area (Å²) in [6.45, 7) is 0. The van der Waals surface area contributed by atoms with Gasteiger partial charge in [-0.1, -0.05) is 58.4 Å². The molecule has 0 spiro atoms. The van der Waals surface area contributed by atoms with E-state index in [1.807, 2.05) is 6.07 Å². The molecule has 1 N–H and O–H groups in total. The summed E-state index contributed by atoms with van der Waals surface area (Å²) < 4.78 is 0.878. The van der Waals surface area contributed by atoms with Gasteiger partial charge < -0.3 is 5.11 Å². The molecule has 4 heteroatoms. The fourth-order valence-electron chi connectivity index (χ4n) is 2.04. The number of Topliss-reactive ketones (excluding diaryl/α,β-unsaturated/α-hetero) is 1. The Labute approximate surface area is 125 Å². The van der Waals surface area contributed by atoms with Gasteiger partial charge in [-0.2, -0.15) is 0 Å². The van der Waals surface area contributed by atoms with Gasteiger partial charge in [0, 0.05) is 10.0 Å². The molecule has 2 aromatic rings. The van der Waals surface area contributed by atoms with Gasteiger partial charge in [0.1, 0.15) is 0 Å². The lowest BCUT2D eigenvalue weighted by atomic mass is 9.88. The zero-order chi connectivity index (χ0) is 14.5. The molecular formula is C16H13BrO3. The highest BCUT2D eigenvalue weighted by atomic mass is 79.9. The third-order valence-electron chi connectivity index (χ3n) is 3.03. The maximum Gasteiger partial charge on any atom is 0.304 e. The lowest BCUT2D eigenvalue weighted by Crippen LogP contribution is -2.16. The Bertz CT molecular complexity index is 605. The van der Waals surface area contributed by atoms with Crippen LogP contribution in [-0.2, 0) is 4.79 Å². The Morgan fingerprint density at radius 3 is 2.15 bits per heavy atom. The Balaban J connectivity index is 2.34. The lowest BCUT2D eigenvalue weighted by molar-refractivity contribution is -0.137. The Morgan fingerprint density at radius 1 is 1.00 bits per heavy atom. The van der Waals surface area contributed by atoms with Gasteiger partial charge in [-0.25, -0.2) is 0 Å². The predicted octanol–water partition coefficient (Wildman–Crippen LogP) is 3.89. The molecule has 102 valence electrons. The van der Waals surface area contributed by atoms with Crippen LogP contribution >= 0.6 is 15.9 Å². The molecule has 0 amide bonds. The molecule has 20 heavy (non-hydrogen) atoms. The van der Waals surface area contributed by atoms with Crippen LogP contribution in [0.25, 0.3) is 0 Å². The highest BCUT2D eigenvalue weighted by Gasteiger charge is 2.24. The number of carbonyl (C=O) groups excluding carboxylic acids is 1. The number of benzene rings is 2.